The smallest absolute Gasteiger partial charge is 0.280 e. The molecule has 110 valence electrons. The van der Waals surface area contributed by atoms with E-state index in [2.05, 4.69) is 15.3 Å². The molecule has 1 aliphatic heterocycles. The minimum atomic E-state index is -0.211. The van der Waals surface area contributed by atoms with Gasteiger partial charge in [-0.15, -0.1) is 0 Å². The summed E-state index contributed by atoms with van der Waals surface area (Å²) in [4.78, 5) is 34.8. The fraction of sp³-hybridized carbons (Fsp3) is 0.429. The third-order valence-corrected chi connectivity index (χ3v) is 4.38. The van der Waals surface area contributed by atoms with Gasteiger partial charge in [-0.05, 0) is 25.5 Å². The van der Waals surface area contributed by atoms with Gasteiger partial charge in [-0.3, -0.25) is 9.59 Å². The lowest BCUT2D eigenvalue weighted by molar-refractivity contribution is -0.127. The SMILES string of the molecule is CC(CN1CCCC1=O)NC(=O)c1nc2cccnc2s1. The molecule has 1 unspecified atom stereocenters. The molecule has 6 nitrogen and oxygen atoms in total. The van der Waals surface area contributed by atoms with Crippen LogP contribution in [0.25, 0.3) is 10.3 Å². The molecule has 0 radical (unpaired) electrons. The highest BCUT2D eigenvalue weighted by Gasteiger charge is 2.23. The van der Waals surface area contributed by atoms with Gasteiger partial charge in [0.05, 0.1) is 0 Å². The van der Waals surface area contributed by atoms with Crippen LogP contribution in [0.3, 0.4) is 0 Å². The number of thiazole rings is 1. The number of fused-ring (bicyclic) bond motifs is 1. The summed E-state index contributed by atoms with van der Waals surface area (Å²) in [5, 5.41) is 3.30. The summed E-state index contributed by atoms with van der Waals surface area (Å²) >= 11 is 1.28. The minimum absolute atomic E-state index is 0.0977. The van der Waals surface area contributed by atoms with E-state index in [1.807, 2.05) is 13.0 Å². The van der Waals surface area contributed by atoms with Gasteiger partial charge in [0, 0.05) is 31.7 Å². The van der Waals surface area contributed by atoms with E-state index in [-0.39, 0.29) is 17.9 Å². The van der Waals surface area contributed by atoms with Crippen LogP contribution in [0.2, 0.25) is 0 Å². The summed E-state index contributed by atoms with van der Waals surface area (Å²) < 4.78 is 0. The van der Waals surface area contributed by atoms with Gasteiger partial charge in [0.2, 0.25) is 5.91 Å². The van der Waals surface area contributed by atoms with E-state index >= 15 is 0 Å². The number of carbonyl (C=O) groups excluding carboxylic acids is 2. The van der Waals surface area contributed by atoms with Gasteiger partial charge in [0.15, 0.2) is 5.01 Å². The normalized spacial score (nSPS) is 16.4. The van der Waals surface area contributed by atoms with Gasteiger partial charge in [0.1, 0.15) is 10.3 Å². The summed E-state index contributed by atoms with van der Waals surface area (Å²) in [5.74, 6) is -0.0440. The summed E-state index contributed by atoms with van der Waals surface area (Å²) in [6.07, 6.45) is 3.21. The zero-order valence-corrected chi connectivity index (χ0v) is 12.5. The predicted octanol–water partition coefficient (Wildman–Crippen LogP) is 1.43. The van der Waals surface area contributed by atoms with Crippen molar-refractivity contribution in [1.82, 2.24) is 20.2 Å². The average Bonchev–Trinajstić information content (AvgIpc) is 3.05. The highest BCUT2D eigenvalue weighted by molar-refractivity contribution is 7.19. The van der Waals surface area contributed by atoms with Crippen molar-refractivity contribution in [2.45, 2.75) is 25.8 Å². The Hall–Kier alpha value is -2.02. The van der Waals surface area contributed by atoms with Crippen molar-refractivity contribution in [1.29, 1.82) is 0 Å². The lowest BCUT2D eigenvalue weighted by Crippen LogP contribution is -2.42. The number of amides is 2. The number of likely N-dealkylation sites (tertiary alicyclic amines) is 1. The standard InChI is InChI=1S/C14H16N4O2S/c1-9(8-18-7-3-5-11(18)19)16-12(20)14-17-10-4-2-6-15-13(10)21-14/h2,4,6,9H,3,5,7-8H2,1H3,(H,16,20). The first-order chi connectivity index (χ1) is 10.1. The second-order valence-corrected chi connectivity index (χ2v) is 6.14. The molecule has 0 aliphatic carbocycles. The van der Waals surface area contributed by atoms with E-state index in [1.54, 1.807) is 17.2 Å². The molecule has 2 aromatic rings. The maximum absolute atomic E-state index is 12.2. The van der Waals surface area contributed by atoms with Crippen LogP contribution in [0, 0.1) is 0 Å². The van der Waals surface area contributed by atoms with Gasteiger partial charge < -0.3 is 10.2 Å². The minimum Gasteiger partial charge on any atom is -0.346 e. The van der Waals surface area contributed by atoms with Gasteiger partial charge >= 0.3 is 0 Å². The Morgan fingerprint density at radius 2 is 2.43 bits per heavy atom. The maximum atomic E-state index is 12.2. The van der Waals surface area contributed by atoms with E-state index in [4.69, 9.17) is 0 Å². The van der Waals surface area contributed by atoms with E-state index in [9.17, 15) is 9.59 Å². The molecule has 1 N–H and O–H groups in total. The van der Waals surface area contributed by atoms with Crippen LogP contribution in [0.5, 0.6) is 0 Å². The lowest BCUT2D eigenvalue weighted by atomic mass is 10.3. The third-order valence-electron chi connectivity index (χ3n) is 3.40. The van der Waals surface area contributed by atoms with Crippen molar-refractivity contribution in [3.05, 3.63) is 23.3 Å². The van der Waals surface area contributed by atoms with E-state index in [0.29, 0.717) is 18.0 Å². The monoisotopic (exact) mass is 304 g/mol. The zero-order valence-electron chi connectivity index (χ0n) is 11.7. The van der Waals surface area contributed by atoms with Crippen LogP contribution in [0.1, 0.15) is 29.6 Å². The number of hydrogen-bond acceptors (Lipinski definition) is 5. The number of nitrogens with one attached hydrogen (secondary N) is 1. The molecule has 1 saturated heterocycles. The number of hydrogen-bond donors (Lipinski definition) is 1. The molecule has 0 aromatic carbocycles. The molecule has 7 heteroatoms. The molecule has 0 bridgehead atoms. The quantitative estimate of drug-likeness (QED) is 0.927. The van der Waals surface area contributed by atoms with Crippen LogP contribution in [-0.2, 0) is 4.79 Å². The first-order valence-electron chi connectivity index (χ1n) is 6.93. The summed E-state index contributed by atoms with van der Waals surface area (Å²) in [6, 6.07) is 3.53. The number of rotatable bonds is 4. The van der Waals surface area contributed by atoms with Gasteiger partial charge in [-0.1, -0.05) is 11.3 Å². The molecule has 1 fully saturated rings. The first-order valence-corrected chi connectivity index (χ1v) is 7.75. The van der Waals surface area contributed by atoms with Crippen LogP contribution in [0.15, 0.2) is 18.3 Å². The molecule has 1 atom stereocenters. The summed E-state index contributed by atoms with van der Waals surface area (Å²) in [7, 11) is 0. The Balaban J connectivity index is 1.63. The molecule has 3 heterocycles. The van der Waals surface area contributed by atoms with Crippen molar-refractivity contribution in [3.8, 4) is 0 Å². The number of pyridine rings is 1. The summed E-state index contributed by atoms with van der Waals surface area (Å²) in [6.45, 7) is 3.23. The molecule has 3 rings (SSSR count). The second-order valence-electron chi connectivity index (χ2n) is 5.16. The first kappa shape index (κ1) is 13.9. The Morgan fingerprint density at radius 3 is 3.14 bits per heavy atom. The number of aromatic nitrogens is 2. The van der Waals surface area contributed by atoms with Crippen molar-refractivity contribution >= 4 is 33.5 Å². The fourth-order valence-corrected chi connectivity index (χ4v) is 3.24. The van der Waals surface area contributed by atoms with Gasteiger partial charge in [0.25, 0.3) is 5.91 Å². The van der Waals surface area contributed by atoms with E-state index in [0.717, 1.165) is 23.3 Å². The lowest BCUT2D eigenvalue weighted by Gasteiger charge is -2.21. The molecular weight excluding hydrogens is 288 g/mol. The van der Waals surface area contributed by atoms with E-state index in [1.165, 1.54) is 11.3 Å². The number of carbonyl (C=O) groups is 2. The van der Waals surface area contributed by atoms with Gasteiger partial charge in [-0.2, -0.15) is 0 Å². The highest BCUT2D eigenvalue weighted by atomic mass is 32.1. The largest absolute Gasteiger partial charge is 0.346 e. The van der Waals surface area contributed by atoms with Crippen molar-refractivity contribution in [3.63, 3.8) is 0 Å². The van der Waals surface area contributed by atoms with Crippen molar-refractivity contribution < 1.29 is 9.59 Å². The molecule has 21 heavy (non-hydrogen) atoms. The Bertz CT molecular complexity index is 651. The van der Waals surface area contributed by atoms with Crippen molar-refractivity contribution in [2.75, 3.05) is 13.1 Å². The third kappa shape index (κ3) is 3.02. The van der Waals surface area contributed by atoms with Crippen LogP contribution in [0.4, 0.5) is 0 Å². The average molecular weight is 304 g/mol. The Morgan fingerprint density at radius 1 is 1.57 bits per heavy atom. The molecule has 0 spiro atoms. The molecule has 2 aromatic heterocycles. The topological polar surface area (TPSA) is 75.2 Å². The molecule has 1 aliphatic rings. The molecule has 2 amide bonds. The Kier molecular flexibility index (Phi) is 3.83. The van der Waals surface area contributed by atoms with Crippen LogP contribution in [-0.4, -0.2) is 45.8 Å². The summed E-state index contributed by atoms with van der Waals surface area (Å²) in [5.41, 5.74) is 0.732. The Labute approximate surface area is 126 Å². The highest BCUT2D eigenvalue weighted by Crippen LogP contribution is 2.19. The van der Waals surface area contributed by atoms with Crippen LogP contribution < -0.4 is 5.32 Å². The van der Waals surface area contributed by atoms with Gasteiger partial charge in [-0.25, -0.2) is 9.97 Å². The second kappa shape index (κ2) is 5.77. The predicted molar refractivity (Wildman–Crippen MR) is 80.2 cm³/mol. The number of nitrogens with zero attached hydrogens (tertiary/aromatic N) is 3. The molecular formula is C14H16N4O2S. The van der Waals surface area contributed by atoms with Crippen LogP contribution >= 0.6 is 11.3 Å². The zero-order chi connectivity index (χ0) is 14.8. The van der Waals surface area contributed by atoms with E-state index < -0.39 is 0 Å². The maximum Gasteiger partial charge on any atom is 0.280 e. The van der Waals surface area contributed by atoms with Crippen molar-refractivity contribution in [2.24, 2.45) is 0 Å². The fourth-order valence-electron chi connectivity index (χ4n) is 2.43. The molecule has 0 saturated carbocycles.